The molecule has 1 aromatic rings. The topological polar surface area (TPSA) is 30.7 Å². The van der Waals surface area contributed by atoms with Crippen molar-refractivity contribution in [1.29, 1.82) is 0 Å². The summed E-state index contributed by atoms with van der Waals surface area (Å²) in [6.07, 6.45) is 9.17. The molecule has 1 aliphatic rings. The van der Waals surface area contributed by atoms with Gasteiger partial charge in [-0.15, -0.1) is 5.10 Å². The number of nitrogens with zero attached hydrogens (tertiary/aromatic N) is 3. The smallest absolute Gasteiger partial charge is 0.0838 e. The summed E-state index contributed by atoms with van der Waals surface area (Å²) < 4.78 is 1.84. The Morgan fingerprint density at radius 1 is 1.42 bits per heavy atom. The number of aryl methyl sites for hydroxylation is 1. The van der Waals surface area contributed by atoms with Gasteiger partial charge < -0.3 is 0 Å². The van der Waals surface area contributed by atoms with Crippen molar-refractivity contribution in [2.75, 3.05) is 0 Å². The molecule has 0 atom stereocenters. The quantitative estimate of drug-likeness (QED) is 0.631. The van der Waals surface area contributed by atoms with Crippen LogP contribution in [0.15, 0.2) is 12.3 Å². The third-order valence-corrected chi connectivity index (χ3v) is 2.33. The van der Waals surface area contributed by atoms with Crippen molar-refractivity contribution in [3.63, 3.8) is 0 Å². The molecule has 1 aromatic heterocycles. The molecule has 0 spiro atoms. The Hall–Kier alpha value is -1.12. The van der Waals surface area contributed by atoms with Gasteiger partial charge in [-0.05, 0) is 31.3 Å². The van der Waals surface area contributed by atoms with E-state index >= 15 is 0 Å². The number of rotatable bonds is 1. The van der Waals surface area contributed by atoms with E-state index in [0.29, 0.717) is 0 Å². The first-order chi connectivity index (χ1) is 5.88. The molecular formula is C9H13N3. The molecule has 0 bridgehead atoms. The van der Waals surface area contributed by atoms with Crippen molar-refractivity contribution in [3.8, 4) is 0 Å². The van der Waals surface area contributed by atoms with E-state index in [9.17, 15) is 0 Å². The van der Waals surface area contributed by atoms with Crippen LogP contribution in [-0.2, 0) is 7.05 Å². The molecule has 0 aromatic carbocycles. The predicted molar refractivity (Wildman–Crippen MR) is 47.4 cm³/mol. The highest BCUT2D eigenvalue weighted by Gasteiger charge is 2.09. The Balaban J connectivity index is 2.29. The highest BCUT2D eigenvalue weighted by molar-refractivity contribution is 5.62. The number of hydrogen-bond donors (Lipinski definition) is 0. The number of aromatic nitrogens is 3. The van der Waals surface area contributed by atoms with E-state index in [1.54, 1.807) is 0 Å². The Morgan fingerprint density at radius 3 is 2.92 bits per heavy atom. The van der Waals surface area contributed by atoms with Crippen LogP contribution in [0.4, 0.5) is 0 Å². The van der Waals surface area contributed by atoms with Crippen LogP contribution in [0, 0.1) is 0 Å². The van der Waals surface area contributed by atoms with E-state index in [2.05, 4.69) is 16.4 Å². The first-order valence-electron chi connectivity index (χ1n) is 4.42. The molecule has 0 fully saturated rings. The molecule has 0 unspecified atom stereocenters. The van der Waals surface area contributed by atoms with E-state index < -0.39 is 0 Å². The van der Waals surface area contributed by atoms with Gasteiger partial charge in [0.15, 0.2) is 0 Å². The molecule has 0 aliphatic heterocycles. The van der Waals surface area contributed by atoms with Crippen molar-refractivity contribution in [2.45, 2.75) is 25.7 Å². The minimum absolute atomic E-state index is 1.18. The molecule has 12 heavy (non-hydrogen) atoms. The van der Waals surface area contributed by atoms with Crippen LogP contribution in [0.25, 0.3) is 5.57 Å². The lowest BCUT2D eigenvalue weighted by atomic mass is 9.98. The highest BCUT2D eigenvalue weighted by Crippen LogP contribution is 2.25. The fourth-order valence-electron chi connectivity index (χ4n) is 1.65. The average molecular weight is 163 g/mol. The predicted octanol–water partition coefficient (Wildman–Crippen LogP) is 1.77. The van der Waals surface area contributed by atoms with Crippen molar-refractivity contribution in [1.82, 2.24) is 15.0 Å². The van der Waals surface area contributed by atoms with Crippen LogP contribution in [0.3, 0.4) is 0 Å². The average Bonchev–Trinajstić information content (AvgIpc) is 2.53. The molecule has 0 amide bonds. The standard InChI is InChI=1S/C9H13N3/c1-12-9(7-10-11-12)8-5-3-2-4-6-8/h5,7H,2-4,6H2,1H3. The Bertz CT molecular complexity index is 298. The molecule has 0 N–H and O–H groups in total. The van der Waals surface area contributed by atoms with Gasteiger partial charge in [-0.1, -0.05) is 11.3 Å². The summed E-state index contributed by atoms with van der Waals surface area (Å²) in [4.78, 5) is 0. The minimum Gasteiger partial charge on any atom is -0.248 e. The van der Waals surface area contributed by atoms with Gasteiger partial charge in [0, 0.05) is 7.05 Å². The summed E-state index contributed by atoms with van der Waals surface area (Å²) in [6, 6.07) is 0. The molecule has 3 heteroatoms. The zero-order valence-electron chi connectivity index (χ0n) is 7.32. The van der Waals surface area contributed by atoms with Crippen molar-refractivity contribution in [3.05, 3.63) is 18.0 Å². The van der Waals surface area contributed by atoms with E-state index in [1.807, 2.05) is 17.9 Å². The molecule has 0 radical (unpaired) electrons. The second kappa shape index (κ2) is 3.09. The lowest BCUT2D eigenvalue weighted by molar-refractivity contribution is 0.690. The SMILES string of the molecule is Cn1nncc1C1=CCCCC1. The largest absolute Gasteiger partial charge is 0.248 e. The normalized spacial score (nSPS) is 17.6. The van der Waals surface area contributed by atoms with Crippen LogP contribution in [0.2, 0.25) is 0 Å². The molecule has 64 valence electrons. The second-order valence-electron chi connectivity index (χ2n) is 3.22. The molecule has 1 aliphatic carbocycles. The first-order valence-corrected chi connectivity index (χ1v) is 4.42. The maximum absolute atomic E-state index is 3.92. The summed E-state index contributed by atoms with van der Waals surface area (Å²) >= 11 is 0. The van der Waals surface area contributed by atoms with Crippen LogP contribution in [0.1, 0.15) is 31.4 Å². The van der Waals surface area contributed by atoms with Crippen LogP contribution < -0.4 is 0 Å². The lowest BCUT2D eigenvalue weighted by Crippen LogP contribution is -1.99. The summed E-state index contributed by atoms with van der Waals surface area (Å²) in [5.74, 6) is 0. The van der Waals surface area contributed by atoms with Gasteiger partial charge in [0.05, 0.1) is 11.9 Å². The zero-order valence-corrected chi connectivity index (χ0v) is 7.32. The monoisotopic (exact) mass is 163 g/mol. The van der Waals surface area contributed by atoms with Crippen molar-refractivity contribution in [2.24, 2.45) is 7.05 Å². The van der Waals surface area contributed by atoms with E-state index in [4.69, 9.17) is 0 Å². The van der Waals surface area contributed by atoms with Crippen LogP contribution in [-0.4, -0.2) is 15.0 Å². The summed E-state index contributed by atoms with van der Waals surface area (Å²) in [7, 11) is 1.94. The van der Waals surface area contributed by atoms with Gasteiger partial charge in [0.25, 0.3) is 0 Å². The Kier molecular flexibility index (Phi) is 1.94. The van der Waals surface area contributed by atoms with E-state index in [0.717, 1.165) is 0 Å². The van der Waals surface area contributed by atoms with Crippen LogP contribution >= 0.6 is 0 Å². The fourth-order valence-corrected chi connectivity index (χ4v) is 1.65. The third-order valence-electron chi connectivity index (χ3n) is 2.33. The Morgan fingerprint density at radius 2 is 2.33 bits per heavy atom. The van der Waals surface area contributed by atoms with E-state index in [-0.39, 0.29) is 0 Å². The lowest BCUT2D eigenvalue weighted by Gasteiger charge is -2.11. The number of allylic oxidation sites excluding steroid dienone is 2. The van der Waals surface area contributed by atoms with E-state index in [1.165, 1.54) is 37.0 Å². The van der Waals surface area contributed by atoms with Gasteiger partial charge in [0.1, 0.15) is 0 Å². The molecule has 1 heterocycles. The summed E-state index contributed by atoms with van der Waals surface area (Å²) in [5.41, 5.74) is 2.59. The van der Waals surface area contributed by atoms with Crippen molar-refractivity contribution >= 4 is 5.57 Å². The summed E-state index contributed by atoms with van der Waals surface area (Å²) in [5, 5.41) is 7.79. The molecular weight excluding hydrogens is 150 g/mol. The van der Waals surface area contributed by atoms with Crippen molar-refractivity contribution < 1.29 is 0 Å². The fraction of sp³-hybridized carbons (Fsp3) is 0.556. The van der Waals surface area contributed by atoms with Crippen LogP contribution in [0.5, 0.6) is 0 Å². The van der Waals surface area contributed by atoms with Gasteiger partial charge in [-0.25, -0.2) is 4.68 Å². The highest BCUT2D eigenvalue weighted by atomic mass is 15.4. The first kappa shape index (κ1) is 7.53. The minimum atomic E-state index is 1.18. The van der Waals surface area contributed by atoms with Gasteiger partial charge in [-0.2, -0.15) is 0 Å². The molecule has 0 saturated heterocycles. The summed E-state index contributed by atoms with van der Waals surface area (Å²) in [6.45, 7) is 0. The molecule has 0 saturated carbocycles. The molecule has 3 nitrogen and oxygen atoms in total. The number of hydrogen-bond acceptors (Lipinski definition) is 2. The zero-order chi connectivity index (χ0) is 8.39. The van der Waals surface area contributed by atoms with Gasteiger partial charge >= 0.3 is 0 Å². The second-order valence-corrected chi connectivity index (χ2v) is 3.22. The third kappa shape index (κ3) is 1.26. The maximum Gasteiger partial charge on any atom is 0.0838 e. The van der Waals surface area contributed by atoms with Gasteiger partial charge in [0.2, 0.25) is 0 Å². The van der Waals surface area contributed by atoms with Gasteiger partial charge in [-0.3, -0.25) is 0 Å². The Labute approximate surface area is 72.1 Å². The molecule has 2 rings (SSSR count). The maximum atomic E-state index is 3.92.